The van der Waals surface area contributed by atoms with E-state index in [4.69, 9.17) is 9.47 Å². The number of pyridine rings is 1. The van der Waals surface area contributed by atoms with Gasteiger partial charge in [-0.25, -0.2) is 13.8 Å². The van der Waals surface area contributed by atoms with Gasteiger partial charge in [0.2, 0.25) is 11.8 Å². The Labute approximate surface area is 234 Å². The molecule has 40 heavy (non-hydrogen) atoms. The summed E-state index contributed by atoms with van der Waals surface area (Å²) < 4.78 is 39.3. The van der Waals surface area contributed by atoms with Crippen molar-refractivity contribution in [3.8, 4) is 11.5 Å². The molecule has 2 amide bonds. The van der Waals surface area contributed by atoms with Gasteiger partial charge in [-0.05, 0) is 78.8 Å². The van der Waals surface area contributed by atoms with Gasteiger partial charge in [-0.3, -0.25) is 9.59 Å². The van der Waals surface area contributed by atoms with Crippen molar-refractivity contribution in [2.45, 2.75) is 24.3 Å². The zero-order chi connectivity index (χ0) is 28.4. The monoisotopic (exact) mass is 563 g/mol. The minimum Gasteiger partial charge on any atom is -0.493 e. The first kappa shape index (κ1) is 27.4. The van der Waals surface area contributed by atoms with Gasteiger partial charge in [0.25, 0.3) is 0 Å². The normalized spacial score (nSPS) is 13.5. The second kappa shape index (κ2) is 11.1. The van der Waals surface area contributed by atoms with E-state index in [-0.39, 0.29) is 12.1 Å². The largest absolute Gasteiger partial charge is 0.493 e. The van der Waals surface area contributed by atoms with E-state index in [2.05, 4.69) is 15.6 Å². The molecule has 0 radical (unpaired) electrons. The van der Waals surface area contributed by atoms with Gasteiger partial charge in [-0.1, -0.05) is 6.07 Å². The number of fused-ring (bicyclic) bond motifs is 1. The van der Waals surface area contributed by atoms with Crippen molar-refractivity contribution < 1.29 is 27.8 Å². The van der Waals surface area contributed by atoms with E-state index < -0.39 is 28.9 Å². The van der Waals surface area contributed by atoms with Crippen molar-refractivity contribution in [2.75, 3.05) is 31.1 Å². The molecule has 0 unspecified atom stereocenters. The molecule has 1 fully saturated rings. The predicted octanol–water partition coefficient (Wildman–Crippen LogP) is 6.20. The van der Waals surface area contributed by atoms with E-state index >= 15 is 4.39 Å². The second-order valence-corrected chi connectivity index (χ2v) is 10.4. The van der Waals surface area contributed by atoms with Crippen LogP contribution in [0, 0.1) is 17.0 Å². The molecular weight excluding hydrogens is 536 g/mol. The van der Waals surface area contributed by atoms with Crippen LogP contribution in [0.1, 0.15) is 24.0 Å². The highest BCUT2D eigenvalue weighted by molar-refractivity contribution is 7.98. The summed E-state index contributed by atoms with van der Waals surface area (Å²) in [7, 11) is 3.11. The molecule has 4 aromatic rings. The summed E-state index contributed by atoms with van der Waals surface area (Å²) in [5.74, 6) is -0.803. The zero-order valence-corrected chi connectivity index (χ0v) is 23.0. The highest BCUT2D eigenvalue weighted by Gasteiger charge is 2.56. The number of hydrogen-bond acceptors (Lipinski definition) is 6. The van der Waals surface area contributed by atoms with Crippen LogP contribution in [0.5, 0.6) is 11.5 Å². The number of halogens is 2. The summed E-state index contributed by atoms with van der Waals surface area (Å²) >= 11 is 1.48. The lowest BCUT2D eigenvalue weighted by Crippen LogP contribution is -2.35. The molecule has 0 aliphatic heterocycles. The van der Waals surface area contributed by atoms with Crippen molar-refractivity contribution in [3.05, 3.63) is 83.4 Å². The van der Waals surface area contributed by atoms with Crippen LogP contribution in [0.3, 0.4) is 0 Å². The number of ether oxygens (including phenoxy) is 2. The quantitative estimate of drug-likeness (QED) is 0.186. The van der Waals surface area contributed by atoms with Gasteiger partial charge >= 0.3 is 0 Å². The topological polar surface area (TPSA) is 89.5 Å². The van der Waals surface area contributed by atoms with Gasteiger partial charge in [0.1, 0.15) is 17.0 Å². The smallest absolute Gasteiger partial charge is 0.240 e. The minimum atomic E-state index is -1.24. The van der Waals surface area contributed by atoms with Crippen LogP contribution in [0.2, 0.25) is 0 Å². The number of hydrogen-bond donors (Lipinski definition) is 2. The molecule has 0 saturated heterocycles. The number of carbonyl (C=O) groups excluding carboxylic acids is 2. The van der Waals surface area contributed by atoms with Gasteiger partial charge in [0, 0.05) is 29.2 Å². The molecule has 1 aliphatic carbocycles. The van der Waals surface area contributed by atoms with Crippen molar-refractivity contribution in [3.63, 3.8) is 0 Å². The van der Waals surface area contributed by atoms with Crippen LogP contribution < -0.4 is 20.1 Å². The third kappa shape index (κ3) is 5.44. The fourth-order valence-electron chi connectivity index (χ4n) is 4.54. The summed E-state index contributed by atoms with van der Waals surface area (Å²) in [5, 5.41) is 6.95. The fourth-order valence-corrected chi connectivity index (χ4v) is 4.99. The summed E-state index contributed by atoms with van der Waals surface area (Å²) in [4.78, 5) is 30.5. The Morgan fingerprint density at radius 2 is 1.50 bits per heavy atom. The Balaban J connectivity index is 1.34. The number of rotatable bonds is 9. The molecule has 5 rings (SSSR count). The lowest BCUT2D eigenvalue weighted by Gasteiger charge is -2.16. The van der Waals surface area contributed by atoms with Gasteiger partial charge in [0.15, 0.2) is 11.5 Å². The van der Waals surface area contributed by atoms with Crippen molar-refractivity contribution in [2.24, 2.45) is 5.41 Å². The van der Waals surface area contributed by atoms with E-state index in [1.165, 1.54) is 42.1 Å². The standard InChI is InChI=1S/C30H27F2N3O4S/c1-38-25-15-22-18(13-27(40-3)35-24(22)16-26(25)39-2)12-17-4-7-21(14-23(17)32)34-29(37)30(10-11-30)28(36)33-20-8-5-19(31)6-9-20/h4-9,13-16H,10-12H2,1-3H3,(H,33,36)(H,34,37). The number of nitrogens with zero attached hydrogens (tertiary/aromatic N) is 1. The van der Waals surface area contributed by atoms with Crippen LogP contribution in [-0.4, -0.2) is 37.3 Å². The number of methoxy groups -OCH3 is 2. The highest BCUT2D eigenvalue weighted by Crippen LogP contribution is 2.47. The van der Waals surface area contributed by atoms with Crippen LogP contribution in [0.4, 0.5) is 20.2 Å². The SMILES string of the molecule is COc1cc2nc(SC)cc(Cc3ccc(NC(=O)C4(C(=O)Nc5ccc(F)cc5)CC4)cc3F)c2cc1OC. The molecular formula is C30H27F2N3O4S. The molecule has 7 nitrogen and oxygen atoms in total. The summed E-state index contributed by atoms with van der Waals surface area (Å²) in [5.41, 5.74) is 1.40. The first-order valence-corrected chi connectivity index (χ1v) is 13.8. The number of aromatic nitrogens is 1. The highest BCUT2D eigenvalue weighted by atomic mass is 32.2. The molecule has 10 heteroatoms. The maximum Gasteiger partial charge on any atom is 0.240 e. The number of carbonyl (C=O) groups is 2. The average Bonchev–Trinajstić information content (AvgIpc) is 3.77. The first-order chi connectivity index (χ1) is 19.3. The number of benzene rings is 3. The van der Waals surface area contributed by atoms with Crippen molar-refractivity contribution in [1.29, 1.82) is 0 Å². The van der Waals surface area contributed by atoms with Crippen LogP contribution in [0.25, 0.3) is 10.9 Å². The molecule has 1 saturated carbocycles. The Morgan fingerprint density at radius 1 is 0.875 bits per heavy atom. The molecule has 3 aromatic carbocycles. The Hall–Kier alpha value is -4.18. The average molecular weight is 564 g/mol. The lowest BCUT2D eigenvalue weighted by atomic mass is 10.00. The Bertz CT molecular complexity index is 1610. The zero-order valence-electron chi connectivity index (χ0n) is 22.1. The molecule has 2 N–H and O–H groups in total. The maximum atomic E-state index is 15.3. The molecule has 206 valence electrons. The third-order valence-electron chi connectivity index (χ3n) is 7.00. The molecule has 1 aromatic heterocycles. The summed E-state index contributed by atoms with van der Waals surface area (Å²) in [6.07, 6.45) is 2.94. The fraction of sp³-hybridized carbons (Fsp3) is 0.233. The number of nitrogens with one attached hydrogen (secondary N) is 2. The van der Waals surface area contributed by atoms with E-state index in [9.17, 15) is 14.0 Å². The number of thioether (sulfide) groups is 1. The van der Waals surface area contributed by atoms with Crippen molar-refractivity contribution in [1.82, 2.24) is 4.98 Å². The lowest BCUT2D eigenvalue weighted by molar-refractivity contribution is -0.131. The van der Waals surface area contributed by atoms with E-state index in [1.54, 1.807) is 32.4 Å². The van der Waals surface area contributed by atoms with Gasteiger partial charge in [0.05, 0.1) is 24.8 Å². The van der Waals surface area contributed by atoms with E-state index in [1.807, 2.05) is 18.4 Å². The van der Waals surface area contributed by atoms with Crippen LogP contribution in [-0.2, 0) is 16.0 Å². The second-order valence-electron chi connectivity index (χ2n) is 9.53. The van der Waals surface area contributed by atoms with Crippen LogP contribution in [0.15, 0.2) is 65.7 Å². The third-order valence-corrected chi connectivity index (χ3v) is 7.63. The minimum absolute atomic E-state index is 0.253. The molecule has 1 heterocycles. The van der Waals surface area contributed by atoms with Crippen LogP contribution >= 0.6 is 11.8 Å². The Kier molecular flexibility index (Phi) is 7.62. The summed E-state index contributed by atoms with van der Waals surface area (Å²) in [6.45, 7) is 0. The predicted molar refractivity (Wildman–Crippen MR) is 151 cm³/mol. The Morgan fingerprint density at radius 3 is 2.10 bits per heavy atom. The number of amides is 2. The molecule has 0 spiro atoms. The molecule has 0 atom stereocenters. The van der Waals surface area contributed by atoms with Gasteiger partial charge in [-0.2, -0.15) is 0 Å². The van der Waals surface area contributed by atoms with Crippen molar-refractivity contribution >= 4 is 45.9 Å². The molecule has 1 aliphatic rings. The van der Waals surface area contributed by atoms with E-state index in [0.29, 0.717) is 41.1 Å². The van der Waals surface area contributed by atoms with E-state index in [0.717, 1.165) is 16.0 Å². The van der Waals surface area contributed by atoms with Gasteiger partial charge in [-0.15, -0.1) is 11.8 Å². The maximum absolute atomic E-state index is 15.3. The number of anilines is 2. The first-order valence-electron chi connectivity index (χ1n) is 12.5. The summed E-state index contributed by atoms with van der Waals surface area (Å²) in [6, 6.07) is 15.3. The van der Waals surface area contributed by atoms with Gasteiger partial charge < -0.3 is 20.1 Å². The molecule has 0 bridgehead atoms.